The molecule has 0 fully saturated rings. The fourth-order valence-corrected chi connectivity index (χ4v) is 2.65. The Kier molecular flexibility index (Phi) is 2.81. The highest BCUT2D eigenvalue weighted by Crippen LogP contribution is 2.37. The second-order valence-corrected chi connectivity index (χ2v) is 5.43. The summed E-state index contributed by atoms with van der Waals surface area (Å²) in [5, 5.41) is 5.50. The largest absolute Gasteiger partial charge is 0.402 e. The maximum Gasteiger partial charge on any atom is 0.224 e. The number of nitrogens with two attached hydrogens (primary N) is 2. The summed E-state index contributed by atoms with van der Waals surface area (Å²) >= 11 is 5.84. The van der Waals surface area contributed by atoms with Gasteiger partial charge in [0.05, 0.1) is 16.6 Å². The molecule has 2 aromatic rings. The minimum absolute atomic E-state index is 0.188. The lowest BCUT2D eigenvalue weighted by Crippen LogP contribution is -2.41. The zero-order valence-electron chi connectivity index (χ0n) is 11.3. The van der Waals surface area contributed by atoms with Gasteiger partial charge in [0.2, 0.25) is 5.28 Å². The van der Waals surface area contributed by atoms with E-state index in [1.165, 1.54) is 0 Å². The predicted molar refractivity (Wildman–Crippen MR) is 77.8 cm³/mol. The minimum atomic E-state index is -0.741. The third-order valence-corrected chi connectivity index (χ3v) is 3.89. The lowest BCUT2D eigenvalue weighted by molar-refractivity contribution is 0.490. The van der Waals surface area contributed by atoms with Crippen LogP contribution in [0.4, 0.5) is 0 Å². The van der Waals surface area contributed by atoms with Crippen molar-refractivity contribution in [3.05, 3.63) is 40.6 Å². The van der Waals surface area contributed by atoms with Crippen LogP contribution >= 0.6 is 11.6 Å². The first-order valence-electron chi connectivity index (χ1n) is 6.20. The van der Waals surface area contributed by atoms with Crippen LogP contribution in [-0.2, 0) is 12.6 Å². The van der Waals surface area contributed by atoms with E-state index in [1.807, 2.05) is 19.1 Å². The van der Waals surface area contributed by atoms with Gasteiger partial charge >= 0.3 is 0 Å². The normalized spacial score (nSPS) is 22.8. The van der Waals surface area contributed by atoms with Crippen LogP contribution in [0.2, 0.25) is 5.28 Å². The molecule has 1 atom stereocenters. The second kappa shape index (κ2) is 4.29. The lowest BCUT2D eigenvalue weighted by atomic mass is 9.80. The van der Waals surface area contributed by atoms with Crippen LogP contribution in [-0.4, -0.2) is 19.7 Å². The molecule has 7 heteroatoms. The first kappa shape index (κ1) is 13.1. The van der Waals surface area contributed by atoms with Gasteiger partial charge in [0.25, 0.3) is 0 Å². The summed E-state index contributed by atoms with van der Waals surface area (Å²) in [4.78, 5) is 8.23. The summed E-state index contributed by atoms with van der Waals surface area (Å²) in [5.74, 6) is 0. The molecular weight excluding hydrogens is 276 g/mol. The van der Waals surface area contributed by atoms with Gasteiger partial charge in [-0.3, -0.25) is 0 Å². The zero-order valence-corrected chi connectivity index (χ0v) is 12.0. The summed E-state index contributed by atoms with van der Waals surface area (Å²) in [6, 6.07) is 0. The molecule has 6 nitrogen and oxygen atoms in total. The van der Waals surface area contributed by atoms with Crippen LogP contribution in [0, 0.1) is 0 Å². The Morgan fingerprint density at radius 1 is 1.40 bits per heavy atom. The van der Waals surface area contributed by atoms with E-state index in [1.54, 1.807) is 17.9 Å². The highest BCUT2D eigenvalue weighted by Gasteiger charge is 2.36. The third-order valence-electron chi connectivity index (χ3n) is 3.71. The van der Waals surface area contributed by atoms with Crippen LogP contribution in [0.15, 0.2) is 29.6 Å². The molecule has 4 N–H and O–H groups in total. The van der Waals surface area contributed by atoms with E-state index in [4.69, 9.17) is 23.1 Å². The van der Waals surface area contributed by atoms with Gasteiger partial charge in [0.1, 0.15) is 0 Å². The zero-order chi connectivity index (χ0) is 14.5. The average Bonchev–Trinajstić information content (AvgIpc) is 2.72. The Balaban J connectivity index is 2.25. The Hall–Kier alpha value is -1.92. The molecule has 0 aliphatic heterocycles. The predicted octanol–water partition coefficient (Wildman–Crippen LogP) is 1.36. The van der Waals surface area contributed by atoms with E-state index in [2.05, 4.69) is 15.1 Å². The van der Waals surface area contributed by atoms with Crippen LogP contribution in [0.3, 0.4) is 0 Å². The molecule has 1 aliphatic rings. The molecule has 0 bridgehead atoms. The summed E-state index contributed by atoms with van der Waals surface area (Å²) in [5.41, 5.74) is 14.9. The van der Waals surface area contributed by atoms with E-state index in [9.17, 15) is 0 Å². The molecule has 2 aromatic heterocycles. The van der Waals surface area contributed by atoms with Gasteiger partial charge in [0, 0.05) is 25.4 Å². The SMILES string of the molecule is CC1=CC=C(N)CC1(N)c1nn(C)c2nc(Cl)ncc12. The number of nitrogens with zero attached hydrogens (tertiary/aromatic N) is 4. The number of hydrogen-bond acceptors (Lipinski definition) is 5. The molecule has 0 saturated carbocycles. The Morgan fingerprint density at radius 3 is 2.90 bits per heavy atom. The average molecular weight is 291 g/mol. The quantitative estimate of drug-likeness (QED) is 0.773. The fourth-order valence-electron chi connectivity index (χ4n) is 2.52. The summed E-state index contributed by atoms with van der Waals surface area (Å²) in [6.45, 7) is 1.97. The van der Waals surface area contributed by atoms with E-state index in [-0.39, 0.29) is 5.28 Å². The third kappa shape index (κ3) is 1.80. The fraction of sp³-hybridized carbons (Fsp3) is 0.308. The van der Waals surface area contributed by atoms with Gasteiger partial charge in [0.15, 0.2) is 5.65 Å². The number of rotatable bonds is 1. The standard InChI is InChI=1S/C13H15ClN6/c1-7-3-4-8(15)5-13(7,16)10-9-6-17-12(14)18-11(9)20(2)19-10/h3-4,6H,5,15-16H2,1-2H3. The number of fused-ring (bicyclic) bond motifs is 1. The maximum atomic E-state index is 6.58. The molecule has 1 aliphatic carbocycles. The smallest absolute Gasteiger partial charge is 0.224 e. The van der Waals surface area contributed by atoms with Crippen molar-refractivity contribution in [2.75, 3.05) is 0 Å². The van der Waals surface area contributed by atoms with E-state index in [0.29, 0.717) is 12.1 Å². The van der Waals surface area contributed by atoms with Crippen LogP contribution in [0.1, 0.15) is 19.0 Å². The Labute approximate surface area is 121 Å². The van der Waals surface area contributed by atoms with Crippen molar-refractivity contribution in [1.82, 2.24) is 19.7 Å². The number of aromatic nitrogens is 4. The molecule has 3 rings (SSSR count). The van der Waals surface area contributed by atoms with Gasteiger partial charge in [-0.25, -0.2) is 9.67 Å². The van der Waals surface area contributed by atoms with Crippen molar-refractivity contribution in [3.8, 4) is 0 Å². The monoisotopic (exact) mass is 290 g/mol. The maximum absolute atomic E-state index is 6.58. The topological polar surface area (TPSA) is 95.6 Å². The van der Waals surface area contributed by atoms with Gasteiger partial charge in [-0.05, 0) is 30.2 Å². The number of halogens is 1. The molecular formula is C13H15ClN6. The molecule has 0 spiro atoms. The number of aryl methyl sites for hydroxylation is 1. The van der Waals surface area contributed by atoms with Gasteiger partial charge < -0.3 is 11.5 Å². The molecule has 0 radical (unpaired) electrons. The van der Waals surface area contributed by atoms with Crippen molar-refractivity contribution in [2.45, 2.75) is 18.9 Å². The highest BCUT2D eigenvalue weighted by atomic mass is 35.5. The first-order chi connectivity index (χ1) is 9.41. The Bertz CT molecular complexity index is 760. The van der Waals surface area contributed by atoms with Crippen LogP contribution in [0.5, 0.6) is 0 Å². The lowest BCUT2D eigenvalue weighted by Gasteiger charge is -2.31. The molecule has 0 amide bonds. The van der Waals surface area contributed by atoms with Crippen molar-refractivity contribution in [2.24, 2.45) is 18.5 Å². The number of hydrogen-bond donors (Lipinski definition) is 2. The van der Waals surface area contributed by atoms with E-state index < -0.39 is 5.54 Å². The molecule has 20 heavy (non-hydrogen) atoms. The highest BCUT2D eigenvalue weighted by molar-refractivity contribution is 6.28. The van der Waals surface area contributed by atoms with Crippen molar-refractivity contribution in [3.63, 3.8) is 0 Å². The first-order valence-corrected chi connectivity index (χ1v) is 6.57. The molecule has 1 unspecified atom stereocenters. The summed E-state index contributed by atoms with van der Waals surface area (Å²) in [6.07, 6.45) is 5.97. The van der Waals surface area contributed by atoms with Crippen LogP contribution in [0.25, 0.3) is 11.0 Å². The Morgan fingerprint density at radius 2 is 2.15 bits per heavy atom. The van der Waals surface area contributed by atoms with E-state index >= 15 is 0 Å². The van der Waals surface area contributed by atoms with E-state index in [0.717, 1.165) is 22.4 Å². The minimum Gasteiger partial charge on any atom is -0.402 e. The summed E-state index contributed by atoms with van der Waals surface area (Å²) in [7, 11) is 1.81. The molecule has 0 aromatic carbocycles. The molecule has 104 valence electrons. The van der Waals surface area contributed by atoms with Crippen LogP contribution < -0.4 is 11.5 Å². The van der Waals surface area contributed by atoms with Gasteiger partial charge in [-0.15, -0.1) is 0 Å². The molecule has 0 saturated heterocycles. The van der Waals surface area contributed by atoms with Crippen molar-refractivity contribution in [1.29, 1.82) is 0 Å². The summed E-state index contributed by atoms with van der Waals surface area (Å²) < 4.78 is 1.66. The second-order valence-electron chi connectivity index (χ2n) is 5.09. The van der Waals surface area contributed by atoms with Crippen molar-refractivity contribution >= 4 is 22.6 Å². The van der Waals surface area contributed by atoms with Gasteiger partial charge in [-0.1, -0.05) is 6.08 Å². The van der Waals surface area contributed by atoms with Gasteiger partial charge in [-0.2, -0.15) is 10.1 Å². The molecule has 2 heterocycles. The van der Waals surface area contributed by atoms with Crippen molar-refractivity contribution < 1.29 is 0 Å². The number of allylic oxidation sites excluding steroid dienone is 2.